The maximum absolute atomic E-state index is 12.3. The normalized spacial score (nSPS) is 10.5. The topological polar surface area (TPSA) is 161 Å². The minimum atomic E-state index is -0.837. The fourth-order valence-corrected chi connectivity index (χ4v) is 1.93. The third-order valence-corrected chi connectivity index (χ3v) is 3.17. The number of nitrogens with two attached hydrogens (primary N) is 1. The summed E-state index contributed by atoms with van der Waals surface area (Å²) in [4.78, 5) is 35.4. The first-order chi connectivity index (χ1) is 12.9. The number of carbonyl (C=O) groups is 2. The van der Waals surface area contributed by atoms with Gasteiger partial charge in [-0.15, -0.1) is 0 Å². The lowest BCUT2D eigenvalue weighted by molar-refractivity contribution is -0.384. The lowest BCUT2D eigenvalue weighted by Crippen LogP contribution is -2.32. The van der Waals surface area contributed by atoms with Gasteiger partial charge in [-0.2, -0.15) is 5.26 Å². The molecule has 11 heteroatoms. The number of rotatable bonds is 8. The summed E-state index contributed by atoms with van der Waals surface area (Å²) in [7, 11) is 1.28. The fourth-order valence-electron chi connectivity index (χ4n) is 1.93. The molecule has 0 aliphatic carbocycles. The molecule has 1 aromatic rings. The number of anilines is 1. The van der Waals surface area contributed by atoms with Crippen molar-refractivity contribution >= 4 is 23.4 Å². The summed E-state index contributed by atoms with van der Waals surface area (Å²) in [6.45, 7) is 1.85. The maximum atomic E-state index is 12.3. The minimum absolute atomic E-state index is 0.0398. The Kier molecular flexibility index (Phi) is 8.21. The van der Waals surface area contributed by atoms with Crippen molar-refractivity contribution < 1.29 is 24.0 Å². The summed E-state index contributed by atoms with van der Waals surface area (Å²) in [6.07, 6.45) is 0.273. The van der Waals surface area contributed by atoms with Gasteiger partial charge >= 0.3 is 6.09 Å². The summed E-state index contributed by atoms with van der Waals surface area (Å²) in [5, 5.41) is 22.5. The third kappa shape index (κ3) is 5.98. The molecule has 0 bridgehead atoms. The number of methoxy groups -OCH3 is 1. The first kappa shape index (κ1) is 21.4. The first-order valence-electron chi connectivity index (χ1n) is 7.77. The quantitative estimate of drug-likeness (QED) is 0.297. The molecule has 144 valence electrons. The number of benzene rings is 1. The molecule has 27 heavy (non-hydrogen) atoms. The molecule has 1 aromatic carbocycles. The molecular weight excluding hydrogens is 358 g/mol. The molecule has 3 N–H and O–H groups in total. The molecule has 0 aliphatic rings. The molecular formula is C16H19N5O6. The van der Waals surface area contributed by atoms with E-state index in [4.69, 9.17) is 15.2 Å². The molecule has 0 spiro atoms. The summed E-state index contributed by atoms with van der Waals surface area (Å²) in [5.41, 5.74) is 4.93. The van der Waals surface area contributed by atoms with E-state index in [1.165, 1.54) is 19.2 Å². The SMILES string of the molecule is CCOC(=O)N(/C=C(/C#N)C(=O)Nc1ccc([N+](=O)[O-])cc1OC)CCN. The number of nitrogens with zero attached hydrogens (tertiary/aromatic N) is 3. The highest BCUT2D eigenvalue weighted by Crippen LogP contribution is 2.29. The maximum Gasteiger partial charge on any atom is 0.413 e. The van der Waals surface area contributed by atoms with Crippen molar-refractivity contribution in [2.24, 2.45) is 5.73 Å². The zero-order chi connectivity index (χ0) is 20.4. The van der Waals surface area contributed by atoms with Crippen molar-refractivity contribution in [3.05, 3.63) is 40.1 Å². The molecule has 11 nitrogen and oxygen atoms in total. The van der Waals surface area contributed by atoms with Crippen molar-refractivity contribution in [1.82, 2.24) is 4.90 Å². The Morgan fingerprint density at radius 3 is 2.70 bits per heavy atom. The first-order valence-corrected chi connectivity index (χ1v) is 7.77. The van der Waals surface area contributed by atoms with E-state index in [9.17, 15) is 25.0 Å². The zero-order valence-electron chi connectivity index (χ0n) is 14.8. The number of hydrogen-bond donors (Lipinski definition) is 2. The van der Waals surface area contributed by atoms with E-state index < -0.39 is 22.5 Å². The Labute approximate surface area is 155 Å². The van der Waals surface area contributed by atoms with Gasteiger partial charge in [0.25, 0.3) is 11.6 Å². The number of ether oxygens (including phenoxy) is 2. The van der Waals surface area contributed by atoms with Crippen LogP contribution in [0.15, 0.2) is 30.0 Å². The second kappa shape index (κ2) is 10.4. The van der Waals surface area contributed by atoms with E-state index in [0.29, 0.717) is 0 Å². The highest BCUT2D eigenvalue weighted by Gasteiger charge is 2.19. The number of carbonyl (C=O) groups excluding carboxylic acids is 2. The Hall–Kier alpha value is -3.65. The highest BCUT2D eigenvalue weighted by atomic mass is 16.6. The van der Waals surface area contributed by atoms with Crippen molar-refractivity contribution in [2.45, 2.75) is 6.92 Å². The average Bonchev–Trinajstić information content (AvgIpc) is 2.65. The van der Waals surface area contributed by atoms with Gasteiger partial charge in [0, 0.05) is 25.4 Å². The van der Waals surface area contributed by atoms with Gasteiger partial charge in [0.2, 0.25) is 0 Å². The van der Waals surface area contributed by atoms with Crippen LogP contribution in [0.25, 0.3) is 0 Å². The van der Waals surface area contributed by atoms with E-state index in [0.717, 1.165) is 17.2 Å². The second-order valence-corrected chi connectivity index (χ2v) is 4.93. The van der Waals surface area contributed by atoms with Crippen LogP contribution in [0, 0.1) is 21.4 Å². The van der Waals surface area contributed by atoms with Crippen LogP contribution in [0.1, 0.15) is 6.92 Å². The molecule has 0 saturated heterocycles. The lowest BCUT2D eigenvalue weighted by Gasteiger charge is -2.17. The average molecular weight is 377 g/mol. The molecule has 0 unspecified atom stereocenters. The van der Waals surface area contributed by atoms with Crippen LogP contribution in [0.3, 0.4) is 0 Å². The van der Waals surface area contributed by atoms with E-state index in [1.807, 2.05) is 0 Å². The molecule has 0 heterocycles. The molecule has 0 fully saturated rings. The molecule has 0 radical (unpaired) electrons. The molecule has 0 atom stereocenters. The molecule has 1 rings (SSSR count). The van der Waals surface area contributed by atoms with Crippen LogP contribution in [0.5, 0.6) is 5.75 Å². The molecule has 2 amide bonds. The molecule has 0 aromatic heterocycles. The smallest absolute Gasteiger partial charge is 0.413 e. The molecule has 0 saturated carbocycles. The summed E-state index contributed by atoms with van der Waals surface area (Å²) in [5.74, 6) is -0.796. The Morgan fingerprint density at radius 1 is 1.48 bits per heavy atom. The number of nitriles is 1. The number of nitrogens with one attached hydrogen (secondary N) is 1. The summed E-state index contributed by atoms with van der Waals surface area (Å²) < 4.78 is 9.85. The van der Waals surface area contributed by atoms with Gasteiger partial charge in [0.05, 0.1) is 30.4 Å². The van der Waals surface area contributed by atoms with E-state index in [1.54, 1.807) is 13.0 Å². The van der Waals surface area contributed by atoms with Gasteiger partial charge in [-0.3, -0.25) is 19.8 Å². The van der Waals surface area contributed by atoms with Gasteiger partial charge in [-0.25, -0.2) is 4.79 Å². The number of non-ortho nitro benzene ring substituents is 1. The van der Waals surface area contributed by atoms with Gasteiger partial charge in [0.1, 0.15) is 17.4 Å². The van der Waals surface area contributed by atoms with Crippen molar-refractivity contribution in [2.75, 3.05) is 32.1 Å². The summed E-state index contributed by atoms with van der Waals surface area (Å²) >= 11 is 0. The van der Waals surface area contributed by atoms with Gasteiger partial charge in [-0.05, 0) is 13.0 Å². The predicted molar refractivity (Wildman–Crippen MR) is 94.8 cm³/mol. The van der Waals surface area contributed by atoms with E-state index in [-0.39, 0.29) is 36.8 Å². The number of amides is 2. The van der Waals surface area contributed by atoms with Crippen LogP contribution >= 0.6 is 0 Å². The summed E-state index contributed by atoms with van der Waals surface area (Å²) in [6, 6.07) is 5.26. The van der Waals surface area contributed by atoms with Crippen molar-refractivity contribution in [3.63, 3.8) is 0 Å². The van der Waals surface area contributed by atoms with Crippen LogP contribution in [-0.2, 0) is 9.53 Å². The standard InChI is InChI=1S/C16H19N5O6/c1-3-27-16(23)20(7-6-17)10-11(9-18)15(22)19-13-5-4-12(21(24)25)8-14(13)26-2/h4-5,8,10H,3,6-7,17H2,1-2H3,(H,19,22)/b11-10-. The third-order valence-electron chi connectivity index (χ3n) is 3.17. The highest BCUT2D eigenvalue weighted by molar-refractivity contribution is 6.07. The zero-order valence-corrected chi connectivity index (χ0v) is 14.8. The van der Waals surface area contributed by atoms with Gasteiger partial charge < -0.3 is 20.5 Å². The number of hydrogen-bond acceptors (Lipinski definition) is 8. The monoisotopic (exact) mass is 377 g/mol. The van der Waals surface area contributed by atoms with Gasteiger partial charge in [0.15, 0.2) is 0 Å². The van der Waals surface area contributed by atoms with E-state index in [2.05, 4.69) is 5.32 Å². The number of nitro groups is 1. The van der Waals surface area contributed by atoms with Gasteiger partial charge in [-0.1, -0.05) is 0 Å². The predicted octanol–water partition coefficient (Wildman–Crippen LogP) is 1.37. The largest absolute Gasteiger partial charge is 0.494 e. The lowest BCUT2D eigenvalue weighted by atomic mass is 10.2. The van der Waals surface area contributed by atoms with Crippen LogP contribution < -0.4 is 15.8 Å². The minimum Gasteiger partial charge on any atom is -0.494 e. The van der Waals surface area contributed by atoms with E-state index >= 15 is 0 Å². The van der Waals surface area contributed by atoms with Crippen LogP contribution in [0.2, 0.25) is 0 Å². The number of nitro benzene ring substituents is 1. The van der Waals surface area contributed by atoms with Crippen LogP contribution in [-0.4, -0.2) is 48.6 Å². The van der Waals surface area contributed by atoms with Crippen molar-refractivity contribution in [1.29, 1.82) is 5.26 Å². The Bertz CT molecular complexity index is 786. The van der Waals surface area contributed by atoms with Crippen LogP contribution in [0.4, 0.5) is 16.2 Å². The Morgan fingerprint density at radius 2 is 2.19 bits per heavy atom. The fraction of sp³-hybridized carbons (Fsp3) is 0.312. The molecule has 0 aliphatic heterocycles. The second-order valence-electron chi connectivity index (χ2n) is 4.93. The van der Waals surface area contributed by atoms with Crippen molar-refractivity contribution in [3.8, 4) is 11.8 Å². The Balaban J connectivity index is 3.09.